The average molecular weight is 312 g/mol. The number of furan rings is 1. The number of nitrogens with zero attached hydrogens (tertiary/aromatic N) is 2. The van der Waals surface area contributed by atoms with Gasteiger partial charge in [-0.1, -0.05) is 12.1 Å². The maximum atomic E-state index is 12.6. The van der Waals surface area contributed by atoms with Gasteiger partial charge >= 0.3 is 0 Å². The summed E-state index contributed by atoms with van der Waals surface area (Å²) < 4.78 is 5.32. The zero-order valence-electron chi connectivity index (χ0n) is 13.9. The summed E-state index contributed by atoms with van der Waals surface area (Å²) in [6, 6.07) is 12.5. The number of rotatable bonds is 5. The third-order valence-electron chi connectivity index (χ3n) is 4.51. The lowest BCUT2D eigenvalue weighted by Gasteiger charge is -2.26. The molecule has 0 saturated carbocycles. The van der Waals surface area contributed by atoms with Crippen molar-refractivity contribution in [3.63, 3.8) is 0 Å². The molecule has 0 bridgehead atoms. The van der Waals surface area contributed by atoms with Gasteiger partial charge in [0.15, 0.2) is 0 Å². The third kappa shape index (κ3) is 3.58. The minimum atomic E-state index is 0.207. The summed E-state index contributed by atoms with van der Waals surface area (Å²) in [5.74, 6) is 1.10. The first kappa shape index (κ1) is 15.7. The Bertz CT molecular complexity index is 649. The Morgan fingerprint density at radius 1 is 1.30 bits per heavy atom. The first-order valence-corrected chi connectivity index (χ1v) is 8.24. The minimum absolute atomic E-state index is 0.207. The zero-order chi connectivity index (χ0) is 16.2. The Morgan fingerprint density at radius 2 is 2.17 bits per heavy atom. The highest BCUT2D eigenvalue weighted by atomic mass is 16.3. The fourth-order valence-corrected chi connectivity index (χ4v) is 3.25. The van der Waals surface area contributed by atoms with Gasteiger partial charge in [-0.3, -0.25) is 4.79 Å². The van der Waals surface area contributed by atoms with Gasteiger partial charge in [-0.15, -0.1) is 0 Å². The quantitative estimate of drug-likeness (QED) is 0.846. The summed E-state index contributed by atoms with van der Waals surface area (Å²) in [6.45, 7) is 0.855. The molecule has 1 atom stereocenters. The van der Waals surface area contributed by atoms with Crippen LogP contribution < -0.4 is 4.90 Å². The molecule has 1 aliphatic heterocycles. The van der Waals surface area contributed by atoms with E-state index >= 15 is 0 Å². The van der Waals surface area contributed by atoms with Crippen LogP contribution in [0.1, 0.15) is 36.6 Å². The molecule has 3 rings (SSSR count). The molecule has 4 nitrogen and oxygen atoms in total. The largest absolute Gasteiger partial charge is 0.469 e. The second-order valence-electron chi connectivity index (χ2n) is 6.31. The Morgan fingerprint density at radius 3 is 2.91 bits per heavy atom. The van der Waals surface area contributed by atoms with Crippen molar-refractivity contribution in [2.75, 3.05) is 25.5 Å². The molecule has 0 radical (unpaired) electrons. The lowest BCUT2D eigenvalue weighted by atomic mass is 10.0. The number of hydrogen-bond acceptors (Lipinski definition) is 3. The van der Waals surface area contributed by atoms with Crippen molar-refractivity contribution in [3.8, 4) is 0 Å². The molecule has 1 aliphatic rings. The standard InChI is InChI=1S/C19H24N2O2/c1-20(2)16-7-3-6-15(14-16)18-9-4-12-21(18)19(22)11-10-17-8-5-13-23-17/h3,5-8,13-14,18H,4,9-12H2,1-2H3/t18-/m1/s1. The molecule has 0 spiro atoms. The minimum Gasteiger partial charge on any atom is -0.469 e. The maximum absolute atomic E-state index is 12.6. The average Bonchev–Trinajstić information content (AvgIpc) is 3.24. The molecule has 2 heterocycles. The molecule has 1 aromatic carbocycles. The van der Waals surface area contributed by atoms with Crippen LogP contribution in [0.15, 0.2) is 47.1 Å². The van der Waals surface area contributed by atoms with Gasteiger partial charge in [0.25, 0.3) is 0 Å². The predicted molar refractivity (Wildman–Crippen MR) is 91.5 cm³/mol. The molecule has 1 fully saturated rings. The van der Waals surface area contributed by atoms with Crippen LogP contribution in [0.4, 0.5) is 5.69 Å². The van der Waals surface area contributed by atoms with Crippen molar-refractivity contribution in [1.82, 2.24) is 4.90 Å². The van der Waals surface area contributed by atoms with E-state index < -0.39 is 0 Å². The molecule has 1 saturated heterocycles. The fraction of sp³-hybridized carbons (Fsp3) is 0.421. The lowest BCUT2D eigenvalue weighted by Crippen LogP contribution is -2.30. The summed E-state index contributed by atoms with van der Waals surface area (Å²) in [7, 11) is 4.08. The van der Waals surface area contributed by atoms with Crippen LogP contribution in [0, 0.1) is 0 Å². The van der Waals surface area contributed by atoms with Gasteiger partial charge in [-0.25, -0.2) is 0 Å². The van der Waals surface area contributed by atoms with Crippen LogP contribution in [0.25, 0.3) is 0 Å². The first-order valence-electron chi connectivity index (χ1n) is 8.24. The summed E-state index contributed by atoms with van der Waals surface area (Å²) in [4.78, 5) is 16.8. The molecule has 122 valence electrons. The SMILES string of the molecule is CN(C)c1cccc([C@H]2CCCN2C(=O)CCc2ccco2)c1. The number of aryl methyl sites for hydroxylation is 1. The number of carbonyl (C=O) groups excluding carboxylic acids is 1. The highest BCUT2D eigenvalue weighted by Gasteiger charge is 2.29. The van der Waals surface area contributed by atoms with Crippen LogP contribution in [-0.4, -0.2) is 31.4 Å². The van der Waals surface area contributed by atoms with Crippen molar-refractivity contribution in [3.05, 3.63) is 54.0 Å². The van der Waals surface area contributed by atoms with E-state index in [2.05, 4.69) is 29.2 Å². The van der Waals surface area contributed by atoms with Gasteiger partial charge < -0.3 is 14.2 Å². The topological polar surface area (TPSA) is 36.7 Å². The highest BCUT2D eigenvalue weighted by molar-refractivity contribution is 5.77. The zero-order valence-corrected chi connectivity index (χ0v) is 13.9. The molecule has 0 unspecified atom stereocenters. The smallest absolute Gasteiger partial charge is 0.223 e. The molecule has 0 aliphatic carbocycles. The number of amides is 1. The number of carbonyl (C=O) groups is 1. The van der Waals surface area contributed by atoms with Gasteiger partial charge in [-0.2, -0.15) is 0 Å². The number of hydrogen-bond donors (Lipinski definition) is 0. The van der Waals surface area contributed by atoms with E-state index in [0.29, 0.717) is 12.8 Å². The summed E-state index contributed by atoms with van der Waals surface area (Å²) >= 11 is 0. The van der Waals surface area contributed by atoms with Crippen molar-refractivity contribution in [1.29, 1.82) is 0 Å². The number of anilines is 1. The van der Waals surface area contributed by atoms with E-state index in [4.69, 9.17) is 4.42 Å². The van der Waals surface area contributed by atoms with Gasteiger partial charge in [-0.05, 0) is 42.7 Å². The van der Waals surface area contributed by atoms with E-state index in [1.54, 1.807) is 6.26 Å². The highest BCUT2D eigenvalue weighted by Crippen LogP contribution is 2.34. The van der Waals surface area contributed by atoms with E-state index in [1.807, 2.05) is 31.1 Å². The Balaban J connectivity index is 1.69. The van der Waals surface area contributed by atoms with Crippen molar-refractivity contribution in [2.24, 2.45) is 0 Å². The van der Waals surface area contributed by atoms with Crippen LogP contribution in [0.5, 0.6) is 0 Å². The van der Waals surface area contributed by atoms with E-state index in [9.17, 15) is 4.79 Å². The maximum Gasteiger partial charge on any atom is 0.223 e. The van der Waals surface area contributed by atoms with Crippen molar-refractivity contribution in [2.45, 2.75) is 31.7 Å². The van der Waals surface area contributed by atoms with Crippen LogP contribution in [0.3, 0.4) is 0 Å². The second-order valence-corrected chi connectivity index (χ2v) is 6.31. The molecular weight excluding hydrogens is 288 g/mol. The Labute approximate surface area is 137 Å². The van der Waals surface area contributed by atoms with Gasteiger partial charge in [0, 0.05) is 39.2 Å². The third-order valence-corrected chi connectivity index (χ3v) is 4.51. The first-order chi connectivity index (χ1) is 11.1. The summed E-state index contributed by atoms with van der Waals surface area (Å²) in [5, 5.41) is 0. The number of benzene rings is 1. The van der Waals surface area contributed by atoms with Gasteiger partial charge in [0.05, 0.1) is 12.3 Å². The van der Waals surface area contributed by atoms with E-state index in [1.165, 1.54) is 11.3 Å². The molecule has 4 heteroatoms. The number of likely N-dealkylation sites (tertiary alicyclic amines) is 1. The Hall–Kier alpha value is -2.23. The summed E-state index contributed by atoms with van der Waals surface area (Å²) in [5.41, 5.74) is 2.41. The van der Waals surface area contributed by atoms with E-state index in [-0.39, 0.29) is 11.9 Å². The monoisotopic (exact) mass is 312 g/mol. The fourth-order valence-electron chi connectivity index (χ4n) is 3.25. The predicted octanol–water partition coefficient (Wildman–Crippen LogP) is 3.64. The summed E-state index contributed by atoms with van der Waals surface area (Å²) in [6.07, 6.45) is 4.96. The Kier molecular flexibility index (Phi) is 4.70. The molecular formula is C19H24N2O2. The molecule has 23 heavy (non-hydrogen) atoms. The molecule has 1 amide bonds. The lowest BCUT2D eigenvalue weighted by molar-refractivity contribution is -0.132. The van der Waals surface area contributed by atoms with Crippen LogP contribution in [-0.2, 0) is 11.2 Å². The second kappa shape index (κ2) is 6.90. The van der Waals surface area contributed by atoms with E-state index in [0.717, 1.165) is 25.1 Å². The van der Waals surface area contributed by atoms with Crippen LogP contribution >= 0.6 is 0 Å². The van der Waals surface area contributed by atoms with Crippen molar-refractivity contribution >= 4 is 11.6 Å². The van der Waals surface area contributed by atoms with Gasteiger partial charge in [0.2, 0.25) is 5.91 Å². The molecule has 0 N–H and O–H groups in total. The molecule has 2 aromatic rings. The van der Waals surface area contributed by atoms with Gasteiger partial charge in [0.1, 0.15) is 5.76 Å². The molecule has 1 aromatic heterocycles. The van der Waals surface area contributed by atoms with Crippen molar-refractivity contribution < 1.29 is 9.21 Å². The van der Waals surface area contributed by atoms with Crippen LogP contribution in [0.2, 0.25) is 0 Å². The normalized spacial score (nSPS) is 17.5.